The van der Waals surface area contributed by atoms with Gasteiger partial charge < -0.3 is 10.6 Å². The van der Waals surface area contributed by atoms with Crippen LogP contribution in [0.4, 0.5) is 10.2 Å². The number of aromatic nitrogens is 1. The molecule has 0 aliphatic rings. The van der Waals surface area contributed by atoms with Gasteiger partial charge in [-0.25, -0.2) is 9.37 Å². The maximum atomic E-state index is 13.1. The number of carbonyl (C=O) groups is 1. The van der Waals surface area contributed by atoms with Crippen molar-refractivity contribution in [2.75, 3.05) is 11.9 Å². The fraction of sp³-hybridized carbons (Fsp3) is 0.250. The maximum Gasteiger partial charge on any atom is 0.255 e. The molecule has 6 heteroatoms. The number of carbonyl (C=O) groups excluding carboxylic acids is 1. The summed E-state index contributed by atoms with van der Waals surface area (Å²) in [5.41, 5.74) is 1.75. The van der Waals surface area contributed by atoms with Gasteiger partial charge in [0.2, 0.25) is 0 Å². The van der Waals surface area contributed by atoms with Crippen LogP contribution in [0.1, 0.15) is 28.4 Å². The number of rotatable bonds is 5. The highest BCUT2D eigenvalue weighted by molar-refractivity contribution is 6.31. The molecule has 0 spiro atoms. The Hall–Kier alpha value is -2.14. The standard InChI is InChI=1S/C16H17ClFN3O/c1-3-19-15-14(10(2)13(17)9-20-15)16(22)21-8-11-5-4-6-12(18)7-11/h4-7,9H,3,8H2,1-2H3,(H,19,20)(H,21,22). The first kappa shape index (κ1) is 16.2. The molecule has 116 valence electrons. The fourth-order valence-electron chi connectivity index (χ4n) is 2.08. The van der Waals surface area contributed by atoms with Crippen molar-refractivity contribution in [1.82, 2.24) is 10.3 Å². The SMILES string of the molecule is CCNc1ncc(Cl)c(C)c1C(=O)NCc1cccc(F)c1. The molecule has 0 aliphatic heterocycles. The van der Waals surface area contributed by atoms with E-state index in [1.165, 1.54) is 18.3 Å². The monoisotopic (exact) mass is 321 g/mol. The van der Waals surface area contributed by atoms with Crippen LogP contribution >= 0.6 is 11.6 Å². The van der Waals surface area contributed by atoms with Crippen LogP contribution in [0.5, 0.6) is 0 Å². The molecule has 0 unspecified atom stereocenters. The second-order valence-corrected chi connectivity index (χ2v) is 5.20. The summed E-state index contributed by atoms with van der Waals surface area (Å²) >= 11 is 6.05. The maximum absolute atomic E-state index is 13.1. The van der Waals surface area contributed by atoms with E-state index < -0.39 is 0 Å². The minimum atomic E-state index is -0.333. The molecule has 2 aromatic rings. The number of pyridine rings is 1. The lowest BCUT2D eigenvalue weighted by Gasteiger charge is -2.14. The lowest BCUT2D eigenvalue weighted by Crippen LogP contribution is -2.25. The number of benzene rings is 1. The average Bonchev–Trinajstić information content (AvgIpc) is 2.49. The number of nitrogens with one attached hydrogen (secondary N) is 2. The highest BCUT2D eigenvalue weighted by atomic mass is 35.5. The molecular weight excluding hydrogens is 305 g/mol. The second kappa shape index (κ2) is 7.22. The van der Waals surface area contributed by atoms with Gasteiger partial charge in [0.15, 0.2) is 0 Å². The summed E-state index contributed by atoms with van der Waals surface area (Å²) in [6, 6.07) is 6.10. The zero-order valence-corrected chi connectivity index (χ0v) is 13.2. The molecule has 1 heterocycles. The highest BCUT2D eigenvalue weighted by Crippen LogP contribution is 2.24. The largest absolute Gasteiger partial charge is 0.370 e. The van der Waals surface area contributed by atoms with Gasteiger partial charge in [-0.1, -0.05) is 23.7 Å². The van der Waals surface area contributed by atoms with Gasteiger partial charge in [0.05, 0.1) is 10.6 Å². The molecule has 0 saturated heterocycles. The Morgan fingerprint density at radius 2 is 2.18 bits per heavy atom. The predicted molar refractivity (Wildman–Crippen MR) is 85.7 cm³/mol. The first-order chi connectivity index (χ1) is 10.5. The van der Waals surface area contributed by atoms with Crippen LogP contribution in [0.2, 0.25) is 5.02 Å². The highest BCUT2D eigenvalue weighted by Gasteiger charge is 2.17. The molecule has 4 nitrogen and oxygen atoms in total. The second-order valence-electron chi connectivity index (χ2n) is 4.80. The molecule has 0 saturated carbocycles. The van der Waals surface area contributed by atoms with Gasteiger partial charge in [0.25, 0.3) is 5.91 Å². The summed E-state index contributed by atoms with van der Waals surface area (Å²) in [4.78, 5) is 16.6. The first-order valence-corrected chi connectivity index (χ1v) is 7.32. The van der Waals surface area contributed by atoms with Gasteiger partial charge in [-0.3, -0.25) is 4.79 Å². The minimum Gasteiger partial charge on any atom is -0.370 e. The Labute approximate surface area is 133 Å². The quantitative estimate of drug-likeness (QED) is 0.885. The van der Waals surface area contributed by atoms with E-state index in [9.17, 15) is 9.18 Å². The van der Waals surface area contributed by atoms with E-state index in [0.29, 0.717) is 34.1 Å². The number of amides is 1. The van der Waals surface area contributed by atoms with Crippen molar-refractivity contribution >= 4 is 23.3 Å². The summed E-state index contributed by atoms with van der Waals surface area (Å²) in [6.45, 7) is 4.55. The normalized spacial score (nSPS) is 10.4. The van der Waals surface area contributed by atoms with Crippen LogP contribution in [-0.2, 0) is 6.54 Å². The molecule has 1 aromatic heterocycles. The third-order valence-electron chi connectivity index (χ3n) is 3.19. The molecule has 2 N–H and O–H groups in total. The van der Waals surface area contributed by atoms with Crippen LogP contribution in [0, 0.1) is 12.7 Å². The number of hydrogen-bond donors (Lipinski definition) is 2. The zero-order valence-electron chi connectivity index (χ0n) is 12.4. The Morgan fingerprint density at radius 3 is 2.86 bits per heavy atom. The van der Waals surface area contributed by atoms with E-state index in [1.807, 2.05) is 6.92 Å². The number of halogens is 2. The molecule has 2 rings (SSSR count). The Kier molecular flexibility index (Phi) is 5.33. The molecule has 0 aliphatic carbocycles. The lowest BCUT2D eigenvalue weighted by molar-refractivity contribution is 0.0950. The Bertz CT molecular complexity index is 691. The summed E-state index contributed by atoms with van der Waals surface area (Å²) in [5.74, 6) is -0.144. The van der Waals surface area contributed by atoms with Crippen molar-refractivity contribution in [2.24, 2.45) is 0 Å². The van der Waals surface area contributed by atoms with Crippen LogP contribution < -0.4 is 10.6 Å². The van der Waals surface area contributed by atoms with Crippen molar-refractivity contribution in [1.29, 1.82) is 0 Å². The molecular formula is C16H17ClFN3O. The minimum absolute atomic E-state index is 0.230. The molecule has 0 radical (unpaired) electrons. The fourth-order valence-corrected chi connectivity index (χ4v) is 2.22. The van der Waals surface area contributed by atoms with Crippen molar-refractivity contribution < 1.29 is 9.18 Å². The summed E-state index contributed by atoms with van der Waals surface area (Å²) in [6.07, 6.45) is 1.51. The number of nitrogens with zero attached hydrogens (tertiary/aromatic N) is 1. The molecule has 22 heavy (non-hydrogen) atoms. The van der Waals surface area contributed by atoms with Crippen molar-refractivity contribution in [3.63, 3.8) is 0 Å². The van der Waals surface area contributed by atoms with E-state index >= 15 is 0 Å². The Morgan fingerprint density at radius 1 is 1.41 bits per heavy atom. The molecule has 0 bridgehead atoms. The van der Waals surface area contributed by atoms with Gasteiger partial charge in [-0.05, 0) is 37.1 Å². The van der Waals surface area contributed by atoms with Crippen LogP contribution in [0.15, 0.2) is 30.5 Å². The van der Waals surface area contributed by atoms with E-state index in [4.69, 9.17) is 11.6 Å². The average molecular weight is 322 g/mol. The van der Waals surface area contributed by atoms with E-state index in [0.717, 1.165) is 0 Å². The Balaban J connectivity index is 2.20. The number of hydrogen-bond acceptors (Lipinski definition) is 3. The van der Waals surface area contributed by atoms with Crippen molar-refractivity contribution in [3.05, 3.63) is 58.0 Å². The third kappa shape index (κ3) is 3.74. The summed E-state index contributed by atoms with van der Waals surface area (Å²) < 4.78 is 13.1. The summed E-state index contributed by atoms with van der Waals surface area (Å²) in [5, 5.41) is 6.24. The van der Waals surface area contributed by atoms with Gasteiger partial charge >= 0.3 is 0 Å². The van der Waals surface area contributed by atoms with Gasteiger partial charge in [-0.2, -0.15) is 0 Å². The van der Waals surface area contributed by atoms with Crippen LogP contribution in [0.25, 0.3) is 0 Å². The molecule has 0 atom stereocenters. The first-order valence-electron chi connectivity index (χ1n) is 6.94. The third-order valence-corrected chi connectivity index (χ3v) is 3.57. The van der Waals surface area contributed by atoms with E-state index in [-0.39, 0.29) is 18.3 Å². The van der Waals surface area contributed by atoms with Gasteiger partial charge in [-0.15, -0.1) is 0 Å². The number of anilines is 1. The van der Waals surface area contributed by atoms with Crippen molar-refractivity contribution in [2.45, 2.75) is 20.4 Å². The molecule has 0 fully saturated rings. The smallest absolute Gasteiger partial charge is 0.255 e. The molecule has 1 amide bonds. The molecule has 1 aromatic carbocycles. The lowest BCUT2D eigenvalue weighted by atomic mass is 10.1. The zero-order chi connectivity index (χ0) is 16.1. The van der Waals surface area contributed by atoms with Crippen molar-refractivity contribution in [3.8, 4) is 0 Å². The summed E-state index contributed by atoms with van der Waals surface area (Å²) in [7, 11) is 0. The van der Waals surface area contributed by atoms with Gasteiger partial charge in [0.1, 0.15) is 11.6 Å². The predicted octanol–water partition coefficient (Wildman–Crippen LogP) is 3.54. The van der Waals surface area contributed by atoms with Crippen LogP contribution in [-0.4, -0.2) is 17.4 Å². The topological polar surface area (TPSA) is 54.0 Å². The van der Waals surface area contributed by atoms with Gasteiger partial charge in [0, 0.05) is 19.3 Å². The van der Waals surface area contributed by atoms with E-state index in [2.05, 4.69) is 15.6 Å². The van der Waals surface area contributed by atoms with E-state index in [1.54, 1.807) is 19.1 Å². The van der Waals surface area contributed by atoms with Crippen LogP contribution in [0.3, 0.4) is 0 Å².